The van der Waals surface area contributed by atoms with Crippen molar-refractivity contribution in [2.45, 2.75) is 39.3 Å². The van der Waals surface area contributed by atoms with E-state index in [-0.39, 0.29) is 0 Å². The lowest BCUT2D eigenvalue weighted by molar-refractivity contribution is 0.474. The highest BCUT2D eigenvalue weighted by Crippen LogP contribution is 2.29. The van der Waals surface area contributed by atoms with Crippen LogP contribution in [0.25, 0.3) is 10.1 Å². The van der Waals surface area contributed by atoms with Gasteiger partial charge in [-0.05, 0) is 37.8 Å². The molecule has 2 atom stereocenters. The van der Waals surface area contributed by atoms with Crippen molar-refractivity contribution < 1.29 is 0 Å². The van der Waals surface area contributed by atoms with Crippen LogP contribution in [0.3, 0.4) is 0 Å². The Morgan fingerprint density at radius 3 is 2.69 bits per heavy atom. The first-order valence-electron chi connectivity index (χ1n) is 5.95. The average Bonchev–Trinajstić information content (AvgIpc) is 2.72. The summed E-state index contributed by atoms with van der Waals surface area (Å²) in [4.78, 5) is 1.43. The van der Waals surface area contributed by atoms with Crippen LogP contribution in [-0.4, -0.2) is 6.04 Å². The number of fused-ring (bicyclic) bond motifs is 1. The van der Waals surface area contributed by atoms with E-state index < -0.39 is 0 Å². The van der Waals surface area contributed by atoms with E-state index in [4.69, 9.17) is 0 Å². The van der Waals surface area contributed by atoms with Gasteiger partial charge in [-0.1, -0.05) is 25.1 Å². The van der Waals surface area contributed by atoms with E-state index in [2.05, 4.69) is 56.4 Å². The number of benzene rings is 1. The lowest BCUT2D eigenvalue weighted by atomic mass is 10.2. The number of rotatable bonds is 4. The highest BCUT2D eigenvalue weighted by molar-refractivity contribution is 7.19. The minimum atomic E-state index is 0.451. The molecule has 0 aliphatic carbocycles. The lowest BCUT2D eigenvalue weighted by Gasteiger charge is -2.17. The topological polar surface area (TPSA) is 12.0 Å². The molecule has 0 bridgehead atoms. The van der Waals surface area contributed by atoms with Gasteiger partial charge in [-0.2, -0.15) is 0 Å². The number of thiophene rings is 1. The van der Waals surface area contributed by atoms with E-state index >= 15 is 0 Å². The molecule has 1 heterocycles. The van der Waals surface area contributed by atoms with Gasteiger partial charge in [-0.3, -0.25) is 0 Å². The minimum Gasteiger partial charge on any atom is -0.307 e. The second kappa shape index (κ2) is 4.98. The number of hydrogen-bond acceptors (Lipinski definition) is 2. The quantitative estimate of drug-likeness (QED) is 0.828. The molecule has 0 radical (unpaired) electrons. The third-order valence-electron chi connectivity index (χ3n) is 3.02. The molecule has 1 N–H and O–H groups in total. The van der Waals surface area contributed by atoms with Crippen molar-refractivity contribution in [3.63, 3.8) is 0 Å². The molecule has 1 nitrogen and oxygen atoms in total. The molecule has 2 rings (SSSR count). The first kappa shape index (κ1) is 11.6. The van der Waals surface area contributed by atoms with Crippen molar-refractivity contribution >= 4 is 21.4 Å². The Morgan fingerprint density at radius 1 is 1.25 bits per heavy atom. The molecule has 2 aromatic rings. The van der Waals surface area contributed by atoms with Crippen LogP contribution in [0, 0.1) is 0 Å². The van der Waals surface area contributed by atoms with Crippen LogP contribution in [0.4, 0.5) is 0 Å². The average molecular weight is 233 g/mol. The molecule has 0 spiro atoms. The van der Waals surface area contributed by atoms with Crippen LogP contribution in [0.5, 0.6) is 0 Å². The van der Waals surface area contributed by atoms with Crippen LogP contribution in [0.15, 0.2) is 30.3 Å². The number of hydrogen-bond donors (Lipinski definition) is 1. The maximum atomic E-state index is 3.62. The van der Waals surface area contributed by atoms with Crippen LogP contribution in [-0.2, 0) is 0 Å². The predicted molar refractivity (Wildman–Crippen MR) is 73.1 cm³/mol. The van der Waals surface area contributed by atoms with Gasteiger partial charge in [0.1, 0.15) is 0 Å². The van der Waals surface area contributed by atoms with Crippen molar-refractivity contribution in [2.75, 3.05) is 0 Å². The molecule has 2 heteroatoms. The maximum Gasteiger partial charge on any atom is 0.0388 e. The molecule has 0 saturated carbocycles. The summed E-state index contributed by atoms with van der Waals surface area (Å²) in [6, 6.07) is 11.9. The maximum absolute atomic E-state index is 3.62. The summed E-state index contributed by atoms with van der Waals surface area (Å²) in [5, 5.41) is 4.98. The predicted octanol–water partition coefficient (Wildman–Crippen LogP) is 4.35. The van der Waals surface area contributed by atoms with Crippen LogP contribution in [0.1, 0.15) is 38.1 Å². The molecule has 86 valence electrons. The molecule has 0 fully saturated rings. The third-order valence-corrected chi connectivity index (χ3v) is 4.32. The molecule has 0 saturated heterocycles. The van der Waals surface area contributed by atoms with Gasteiger partial charge in [0.05, 0.1) is 0 Å². The van der Waals surface area contributed by atoms with Crippen LogP contribution >= 0.6 is 11.3 Å². The largest absolute Gasteiger partial charge is 0.307 e. The zero-order chi connectivity index (χ0) is 11.5. The second-order valence-electron chi connectivity index (χ2n) is 4.38. The van der Waals surface area contributed by atoms with E-state index in [1.54, 1.807) is 0 Å². The Balaban J connectivity index is 2.19. The fraction of sp³-hybridized carbons (Fsp3) is 0.429. The highest BCUT2D eigenvalue weighted by atomic mass is 32.1. The highest BCUT2D eigenvalue weighted by Gasteiger charge is 2.10. The van der Waals surface area contributed by atoms with E-state index in [0.717, 1.165) is 0 Å². The van der Waals surface area contributed by atoms with Gasteiger partial charge in [-0.25, -0.2) is 0 Å². The fourth-order valence-corrected chi connectivity index (χ4v) is 2.92. The lowest BCUT2D eigenvalue weighted by Crippen LogP contribution is -2.27. The van der Waals surface area contributed by atoms with Crippen molar-refractivity contribution in [1.29, 1.82) is 0 Å². The zero-order valence-electron chi connectivity index (χ0n) is 10.2. The molecule has 2 unspecified atom stereocenters. The normalized spacial score (nSPS) is 15.2. The van der Waals surface area contributed by atoms with E-state index in [1.807, 2.05) is 11.3 Å². The van der Waals surface area contributed by atoms with Crippen LogP contribution in [0.2, 0.25) is 0 Å². The zero-order valence-corrected chi connectivity index (χ0v) is 11.0. The molecule has 0 aliphatic heterocycles. The molecule has 1 aromatic carbocycles. The summed E-state index contributed by atoms with van der Waals surface area (Å²) in [5.74, 6) is 0. The Labute approximate surface area is 101 Å². The molecule has 0 amide bonds. The van der Waals surface area contributed by atoms with Gasteiger partial charge in [0, 0.05) is 21.7 Å². The summed E-state index contributed by atoms with van der Waals surface area (Å²) in [5.41, 5.74) is 0. The third kappa shape index (κ3) is 2.45. The minimum absolute atomic E-state index is 0.451. The monoisotopic (exact) mass is 233 g/mol. The smallest absolute Gasteiger partial charge is 0.0388 e. The summed E-state index contributed by atoms with van der Waals surface area (Å²) >= 11 is 1.90. The summed E-state index contributed by atoms with van der Waals surface area (Å²) in [6.45, 7) is 6.70. The molecule has 16 heavy (non-hydrogen) atoms. The molecule has 0 aliphatic rings. The van der Waals surface area contributed by atoms with Crippen molar-refractivity contribution in [3.05, 3.63) is 35.2 Å². The summed E-state index contributed by atoms with van der Waals surface area (Å²) in [6.07, 6.45) is 1.18. The van der Waals surface area contributed by atoms with E-state index in [9.17, 15) is 0 Å². The Morgan fingerprint density at radius 2 is 2.00 bits per heavy atom. The first-order chi connectivity index (χ1) is 7.70. The first-order valence-corrected chi connectivity index (χ1v) is 6.77. The van der Waals surface area contributed by atoms with Gasteiger partial charge in [0.25, 0.3) is 0 Å². The van der Waals surface area contributed by atoms with Crippen molar-refractivity contribution in [2.24, 2.45) is 0 Å². The molecule has 1 aromatic heterocycles. The fourth-order valence-electron chi connectivity index (χ4n) is 1.84. The van der Waals surface area contributed by atoms with Crippen molar-refractivity contribution in [3.8, 4) is 0 Å². The molecular formula is C14H19NS. The van der Waals surface area contributed by atoms with Gasteiger partial charge in [0.15, 0.2) is 0 Å². The van der Waals surface area contributed by atoms with Gasteiger partial charge in [-0.15, -0.1) is 11.3 Å². The van der Waals surface area contributed by atoms with Gasteiger partial charge >= 0.3 is 0 Å². The summed E-state index contributed by atoms with van der Waals surface area (Å²) in [7, 11) is 0. The Bertz CT molecular complexity index is 427. The Kier molecular flexibility index (Phi) is 3.62. The van der Waals surface area contributed by atoms with E-state index in [0.29, 0.717) is 12.1 Å². The standard InChI is InChI=1S/C14H19NS/c1-4-10(2)15-11(3)14-9-12-7-5-6-8-13(12)16-14/h5-11,15H,4H2,1-3H3. The van der Waals surface area contributed by atoms with E-state index in [1.165, 1.54) is 21.4 Å². The summed E-state index contributed by atoms with van der Waals surface area (Å²) < 4.78 is 1.38. The number of nitrogens with one attached hydrogen (secondary N) is 1. The van der Waals surface area contributed by atoms with Gasteiger partial charge in [0.2, 0.25) is 0 Å². The SMILES string of the molecule is CCC(C)NC(C)c1cc2ccccc2s1. The van der Waals surface area contributed by atoms with Crippen LogP contribution < -0.4 is 5.32 Å². The Hall–Kier alpha value is -0.860. The second-order valence-corrected chi connectivity index (χ2v) is 5.50. The molecular weight excluding hydrogens is 214 g/mol. The van der Waals surface area contributed by atoms with Gasteiger partial charge < -0.3 is 5.32 Å². The van der Waals surface area contributed by atoms with Crippen molar-refractivity contribution in [1.82, 2.24) is 5.32 Å².